The second-order valence-corrected chi connectivity index (χ2v) is 7.42. The molecule has 0 aromatic heterocycles. The molecule has 3 atom stereocenters. The van der Waals surface area contributed by atoms with Gasteiger partial charge in [0.05, 0.1) is 0 Å². The van der Waals surface area contributed by atoms with Gasteiger partial charge in [-0.1, -0.05) is 6.92 Å². The smallest absolute Gasteiger partial charge is 0.191 e. The summed E-state index contributed by atoms with van der Waals surface area (Å²) in [5, 5.41) is 7.88. The maximum absolute atomic E-state index is 4.84. The van der Waals surface area contributed by atoms with Crippen LogP contribution in [0.25, 0.3) is 0 Å². The van der Waals surface area contributed by atoms with Crippen LogP contribution in [0.5, 0.6) is 0 Å². The van der Waals surface area contributed by atoms with E-state index in [9.17, 15) is 0 Å². The molecule has 0 aromatic rings. The second kappa shape index (κ2) is 8.89. The fourth-order valence-electron chi connectivity index (χ4n) is 3.37. The highest BCUT2D eigenvalue weighted by Crippen LogP contribution is 2.28. The molecule has 2 N–H and O–H groups in total. The van der Waals surface area contributed by atoms with Gasteiger partial charge in [-0.05, 0) is 57.9 Å². The molecule has 1 saturated heterocycles. The first-order valence-electron chi connectivity index (χ1n) is 8.55. The molecular formula is C16H32N4S. The normalized spacial score (nSPS) is 30.8. The lowest BCUT2D eigenvalue weighted by Crippen LogP contribution is -2.43. The first-order chi connectivity index (χ1) is 10.2. The minimum absolute atomic E-state index is 0.607. The predicted molar refractivity (Wildman–Crippen MR) is 94.3 cm³/mol. The summed E-state index contributed by atoms with van der Waals surface area (Å²) < 4.78 is 0. The summed E-state index contributed by atoms with van der Waals surface area (Å²) in [6.45, 7) is 9.94. The summed E-state index contributed by atoms with van der Waals surface area (Å²) >= 11 is 2.01. The van der Waals surface area contributed by atoms with Crippen LogP contribution in [0.4, 0.5) is 0 Å². The third-order valence-corrected chi connectivity index (χ3v) is 5.82. The SMILES string of the molecule is CCNC(=NCC1CCN(CC)C1)NC1CCC(SC)C1. The quantitative estimate of drug-likeness (QED) is 0.582. The lowest BCUT2D eigenvalue weighted by molar-refractivity contribution is 0.343. The van der Waals surface area contributed by atoms with E-state index < -0.39 is 0 Å². The lowest BCUT2D eigenvalue weighted by atomic mass is 10.1. The van der Waals surface area contributed by atoms with Gasteiger partial charge in [-0.15, -0.1) is 0 Å². The molecule has 3 unspecified atom stereocenters. The van der Waals surface area contributed by atoms with E-state index in [1.165, 1.54) is 45.3 Å². The summed E-state index contributed by atoms with van der Waals surface area (Å²) in [4.78, 5) is 7.37. The average Bonchev–Trinajstić information content (AvgIpc) is 3.13. The van der Waals surface area contributed by atoms with Crippen LogP contribution in [-0.4, -0.2) is 61.1 Å². The van der Waals surface area contributed by atoms with Gasteiger partial charge in [0.15, 0.2) is 5.96 Å². The van der Waals surface area contributed by atoms with Crippen molar-refractivity contribution in [1.29, 1.82) is 0 Å². The Hall–Kier alpha value is -0.420. The van der Waals surface area contributed by atoms with Gasteiger partial charge >= 0.3 is 0 Å². The Balaban J connectivity index is 1.79. The molecule has 0 radical (unpaired) electrons. The van der Waals surface area contributed by atoms with E-state index in [2.05, 4.69) is 35.6 Å². The molecule has 1 heterocycles. The van der Waals surface area contributed by atoms with Crippen LogP contribution in [0.2, 0.25) is 0 Å². The maximum atomic E-state index is 4.84. The summed E-state index contributed by atoms with van der Waals surface area (Å²) in [6, 6.07) is 0.607. The maximum Gasteiger partial charge on any atom is 0.191 e. The molecule has 0 bridgehead atoms. The number of nitrogens with one attached hydrogen (secondary N) is 2. The monoisotopic (exact) mass is 312 g/mol. The van der Waals surface area contributed by atoms with Crippen LogP contribution in [0.1, 0.15) is 39.5 Å². The van der Waals surface area contributed by atoms with Gasteiger partial charge in [0.25, 0.3) is 0 Å². The molecule has 0 amide bonds. The van der Waals surface area contributed by atoms with Gasteiger partial charge in [-0.2, -0.15) is 11.8 Å². The molecule has 2 rings (SSSR count). The zero-order chi connectivity index (χ0) is 15.1. The Bertz CT molecular complexity index is 334. The highest BCUT2D eigenvalue weighted by atomic mass is 32.2. The largest absolute Gasteiger partial charge is 0.357 e. The molecule has 0 spiro atoms. The molecule has 1 aliphatic carbocycles. The zero-order valence-corrected chi connectivity index (χ0v) is 14.7. The third-order valence-electron chi connectivity index (χ3n) is 4.73. The Morgan fingerprint density at radius 2 is 2.14 bits per heavy atom. The zero-order valence-electron chi connectivity index (χ0n) is 13.9. The van der Waals surface area contributed by atoms with Crippen molar-refractivity contribution in [1.82, 2.24) is 15.5 Å². The summed E-state index contributed by atoms with van der Waals surface area (Å²) in [5.74, 6) is 1.77. The Morgan fingerprint density at radius 3 is 2.76 bits per heavy atom. The molecular weight excluding hydrogens is 280 g/mol. The molecule has 4 nitrogen and oxygen atoms in total. The lowest BCUT2D eigenvalue weighted by Gasteiger charge is -2.18. The van der Waals surface area contributed by atoms with Gasteiger partial charge in [-0.25, -0.2) is 0 Å². The molecule has 2 aliphatic rings. The number of guanidine groups is 1. The van der Waals surface area contributed by atoms with E-state index in [0.717, 1.165) is 30.2 Å². The predicted octanol–water partition coefficient (Wildman–Crippen LogP) is 2.17. The van der Waals surface area contributed by atoms with Gasteiger partial charge in [-0.3, -0.25) is 4.99 Å². The molecule has 122 valence electrons. The Morgan fingerprint density at radius 1 is 1.29 bits per heavy atom. The number of rotatable bonds is 6. The van der Waals surface area contributed by atoms with E-state index >= 15 is 0 Å². The fourth-order valence-corrected chi connectivity index (χ4v) is 4.16. The summed E-state index contributed by atoms with van der Waals surface area (Å²) in [6.07, 6.45) is 7.43. The van der Waals surface area contributed by atoms with E-state index in [-0.39, 0.29) is 0 Å². The van der Waals surface area contributed by atoms with Gasteiger partial charge in [0.2, 0.25) is 0 Å². The Kier molecular flexibility index (Phi) is 7.17. The van der Waals surface area contributed by atoms with E-state index in [1.54, 1.807) is 0 Å². The number of thioether (sulfide) groups is 1. The number of hydrogen-bond acceptors (Lipinski definition) is 3. The second-order valence-electron chi connectivity index (χ2n) is 6.28. The number of hydrogen-bond donors (Lipinski definition) is 2. The van der Waals surface area contributed by atoms with Crippen LogP contribution in [-0.2, 0) is 0 Å². The van der Waals surface area contributed by atoms with Gasteiger partial charge in [0.1, 0.15) is 0 Å². The number of aliphatic imine (C=N–C) groups is 1. The molecule has 1 saturated carbocycles. The van der Waals surface area contributed by atoms with Crippen LogP contribution in [0, 0.1) is 5.92 Å². The first-order valence-corrected chi connectivity index (χ1v) is 9.83. The molecule has 2 fully saturated rings. The number of likely N-dealkylation sites (tertiary alicyclic amines) is 1. The summed E-state index contributed by atoms with van der Waals surface area (Å²) in [7, 11) is 0. The van der Waals surface area contributed by atoms with E-state index in [0.29, 0.717) is 6.04 Å². The van der Waals surface area contributed by atoms with Crippen molar-refractivity contribution in [2.75, 3.05) is 39.0 Å². The first kappa shape index (κ1) is 16.9. The fraction of sp³-hybridized carbons (Fsp3) is 0.938. The van der Waals surface area contributed by atoms with Crippen molar-refractivity contribution >= 4 is 17.7 Å². The van der Waals surface area contributed by atoms with Crippen LogP contribution in [0.3, 0.4) is 0 Å². The van der Waals surface area contributed by atoms with Crippen molar-refractivity contribution in [2.24, 2.45) is 10.9 Å². The highest BCUT2D eigenvalue weighted by molar-refractivity contribution is 7.99. The Labute approximate surface area is 134 Å². The molecule has 0 aromatic carbocycles. The van der Waals surface area contributed by atoms with Gasteiger partial charge in [0, 0.05) is 30.9 Å². The number of nitrogens with zero attached hydrogens (tertiary/aromatic N) is 2. The van der Waals surface area contributed by atoms with E-state index in [1.807, 2.05) is 11.8 Å². The van der Waals surface area contributed by atoms with Crippen molar-refractivity contribution in [3.05, 3.63) is 0 Å². The topological polar surface area (TPSA) is 39.7 Å². The van der Waals surface area contributed by atoms with Crippen molar-refractivity contribution < 1.29 is 0 Å². The van der Waals surface area contributed by atoms with Crippen LogP contribution < -0.4 is 10.6 Å². The molecule has 5 heteroatoms. The minimum Gasteiger partial charge on any atom is -0.357 e. The van der Waals surface area contributed by atoms with Crippen molar-refractivity contribution in [3.8, 4) is 0 Å². The molecule has 1 aliphatic heterocycles. The molecule has 21 heavy (non-hydrogen) atoms. The average molecular weight is 313 g/mol. The summed E-state index contributed by atoms with van der Waals surface area (Å²) in [5.41, 5.74) is 0. The third kappa shape index (κ3) is 5.37. The highest BCUT2D eigenvalue weighted by Gasteiger charge is 2.25. The van der Waals surface area contributed by atoms with Crippen LogP contribution >= 0.6 is 11.8 Å². The minimum atomic E-state index is 0.607. The standard InChI is InChI=1S/C16H32N4S/c1-4-17-16(19-14-6-7-15(10-14)21-3)18-11-13-8-9-20(5-2)12-13/h13-15H,4-12H2,1-3H3,(H2,17,18,19). The van der Waals surface area contributed by atoms with E-state index in [4.69, 9.17) is 4.99 Å². The van der Waals surface area contributed by atoms with Crippen molar-refractivity contribution in [3.63, 3.8) is 0 Å². The van der Waals surface area contributed by atoms with Crippen LogP contribution in [0.15, 0.2) is 4.99 Å². The van der Waals surface area contributed by atoms with Crippen molar-refractivity contribution in [2.45, 2.75) is 50.8 Å². The van der Waals surface area contributed by atoms with Gasteiger partial charge < -0.3 is 15.5 Å².